The van der Waals surface area contributed by atoms with E-state index in [1.165, 1.54) is 11.9 Å². The molecule has 0 saturated carbocycles. The Bertz CT molecular complexity index is 568. The molecule has 3 nitrogen and oxygen atoms in total. The van der Waals surface area contributed by atoms with E-state index in [2.05, 4.69) is 25.8 Å². The van der Waals surface area contributed by atoms with Gasteiger partial charge in [0.1, 0.15) is 6.34 Å². The number of hydroxylamine groups is 1. The molecule has 3 heteroatoms. The lowest BCUT2D eigenvalue weighted by Crippen LogP contribution is -2.16. The monoisotopic (exact) mass is 268 g/mol. The van der Waals surface area contributed by atoms with E-state index in [-0.39, 0.29) is 5.41 Å². The van der Waals surface area contributed by atoms with Crippen molar-refractivity contribution in [3.05, 3.63) is 60.2 Å². The molecule has 0 heterocycles. The first-order valence-corrected chi connectivity index (χ1v) is 6.65. The average Bonchev–Trinajstić information content (AvgIpc) is 2.45. The molecule has 0 bridgehead atoms. The van der Waals surface area contributed by atoms with Gasteiger partial charge in [-0.1, -0.05) is 51.1 Å². The molecule has 0 aliphatic heterocycles. The number of para-hydroxylation sites is 1. The highest BCUT2D eigenvalue weighted by Crippen LogP contribution is 2.24. The second-order valence-electron chi connectivity index (χ2n) is 5.72. The van der Waals surface area contributed by atoms with Crippen LogP contribution in [-0.4, -0.2) is 11.5 Å². The van der Waals surface area contributed by atoms with Gasteiger partial charge >= 0.3 is 0 Å². The second-order valence-corrected chi connectivity index (χ2v) is 5.72. The summed E-state index contributed by atoms with van der Waals surface area (Å²) in [7, 11) is 0. The van der Waals surface area contributed by atoms with Gasteiger partial charge in [0.2, 0.25) is 0 Å². The molecule has 0 fully saturated rings. The summed E-state index contributed by atoms with van der Waals surface area (Å²) in [5, 5.41) is 11.0. The lowest BCUT2D eigenvalue weighted by atomic mass is 9.87. The predicted octanol–water partition coefficient (Wildman–Crippen LogP) is 4.54. The van der Waals surface area contributed by atoms with Crippen molar-refractivity contribution in [3.63, 3.8) is 0 Å². The molecular formula is C17H20N2O. The number of aliphatic imine (C=N–C) groups is 1. The summed E-state index contributed by atoms with van der Waals surface area (Å²) in [4.78, 5) is 4.20. The van der Waals surface area contributed by atoms with E-state index >= 15 is 0 Å². The molecule has 0 radical (unpaired) electrons. The fourth-order valence-electron chi connectivity index (χ4n) is 1.82. The van der Waals surface area contributed by atoms with Crippen LogP contribution in [0, 0.1) is 0 Å². The van der Waals surface area contributed by atoms with Crippen molar-refractivity contribution in [2.24, 2.45) is 4.99 Å². The van der Waals surface area contributed by atoms with Gasteiger partial charge in [-0.25, -0.2) is 10.1 Å². The largest absolute Gasteiger partial charge is 0.283 e. The summed E-state index contributed by atoms with van der Waals surface area (Å²) < 4.78 is 0. The highest BCUT2D eigenvalue weighted by molar-refractivity contribution is 5.78. The topological polar surface area (TPSA) is 35.8 Å². The maximum absolute atomic E-state index is 9.96. The summed E-state index contributed by atoms with van der Waals surface area (Å²) >= 11 is 0. The predicted molar refractivity (Wildman–Crippen MR) is 84.0 cm³/mol. The van der Waals surface area contributed by atoms with Gasteiger partial charge in [0.15, 0.2) is 0 Å². The van der Waals surface area contributed by atoms with Crippen LogP contribution < -0.4 is 5.06 Å². The SMILES string of the molecule is CC(C)(C)c1ccc(N(O)C=Nc2ccccc2)cc1. The van der Waals surface area contributed by atoms with Crippen LogP contribution in [0.5, 0.6) is 0 Å². The fraction of sp³-hybridized carbons (Fsp3) is 0.235. The lowest BCUT2D eigenvalue weighted by Gasteiger charge is -2.20. The van der Waals surface area contributed by atoms with Gasteiger partial charge in [-0.3, -0.25) is 5.21 Å². The molecule has 2 rings (SSSR count). The summed E-state index contributed by atoms with van der Waals surface area (Å²) in [5.74, 6) is 0. The zero-order valence-electron chi connectivity index (χ0n) is 12.1. The standard InChI is InChI=1S/C17H20N2O/c1-17(2,3)14-9-11-16(12-10-14)19(20)13-18-15-7-5-4-6-8-15/h4-13,20H,1-3H3. The highest BCUT2D eigenvalue weighted by atomic mass is 16.5. The van der Waals surface area contributed by atoms with Gasteiger partial charge in [-0.15, -0.1) is 0 Å². The molecule has 20 heavy (non-hydrogen) atoms. The van der Waals surface area contributed by atoms with Gasteiger partial charge in [0, 0.05) is 0 Å². The van der Waals surface area contributed by atoms with Gasteiger partial charge in [0.25, 0.3) is 0 Å². The minimum absolute atomic E-state index is 0.108. The molecule has 2 aromatic rings. The Labute approximate surface area is 120 Å². The molecule has 0 unspecified atom stereocenters. The van der Waals surface area contributed by atoms with E-state index in [0.717, 1.165) is 10.8 Å². The third-order valence-electron chi connectivity index (χ3n) is 3.07. The van der Waals surface area contributed by atoms with E-state index in [0.29, 0.717) is 5.69 Å². The zero-order chi connectivity index (χ0) is 14.6. The van der Waals surface area contributed by atoms with E-state index < -0.39 is 0 Å². The second kappa shape index (κ2) is 5.88. The summed E-state index contributed by atoms with van der Waals surface area (Å²) in [6.07, 6.45) is 1.40. The van der Waals surface area contributed by atoms with Crippen LogP contribution in [0.1, 0.15) is 26.3 Å². The normalized spacial score (nSPS) is 11.8. The van der Waals surface area contributed by atoms with Crippen LogP contribution in [0.4, 0.5) is 11.4 Å². The smallest absolute Gasteiger partial charge is 0.122 e. The minimum atomic E-state index is 0.108. The Kier molecular flexibility index (Phi) is 4.20. The van der Waals surface area contributed by atoms with Crippen molar-refractivity contribution in [2.45, 2.75) is 26.2 Å². The zero-order valence-corrected chi connectivity index (χ0v) is 12.1. The van der Waals surface area contributed by atoms with Crippen LogP contribution in [0.25, 0.3) is 0 Å². The number of hydrogen-bond acceptors (Lipinski definition) is 2. The van der Waals surface area contributed by atoms with Crippen LogP contribution in [0.3, 0.4) is 0 Å². The maximum Gasteiger partial charge on any atom is 0.122 e. The van der Waals surface area contributed by atoms with Gasteiger partial charge in [0.05, 0.1) is 11.4 Å². The Morgan fingerprint density at radius 3 is 2.10 bits per heavy atom. The van der Waals surface area contributed by atoms with Gasteiger partial charge in [-0.05, 0) is 35.2 Å². The Morgan fingerprint density at radius 1 is 0.950 bits per heavy atom. The molecule has 0 aliphatic carbocycles. The number of anilines is 1. The van der Waals surface area contributed by atoms with Crippen molar-refractivity contribution in [3.8, 4) is 0 Å². The molecule has 0 atom stereocenters. The van der Waals surface area contributed by atoms with E-state index in [4.69, 9.17) is 0 Å². The first kappa shape index (κ1) is 14.3. The highest BCUT2D eigenvalue weighted by Gasteiger charge is 2.13. The fourth-order valence-corrected chi connectivity index (χ4v) is 1.82. The molecule has 0 saturated heterocycles. The van der Waals surface area contributed by atoms with Crippen LogP contribution in [0.2, 0.25) is 0 Å². The molecule has 0 aliphatic rings. The van der Waals surface area contributed by atoms with Crippen LogP contribution >= 0.6 is 0 Å². The Hall–Kier alpha value is -2.13. The molecule has 0 aromatic heterocycles. The minimum Gasteiger partial charge on any atom is -0.283 e. The Morgan fingerprint density at radius 2 is 1.55 bits per heavy atom. The summed E-state index contributed by atoms with van der Waals surface area (Å²) in [6.45, 7) is 6.49. The van der Waals surface area contributed by atoms with Crippen molar-refractivity contribution in [2.75, 3.05) is 5.06 Å². The average molecular weight is 268 g/mol. The molecule has 0 amide bonds. The van der Waals surface area contributed by atoms with E-state index in [1.54, 1.807) is 0 Å². The van der Waals surface area contributed by atoms with E-state index in [1.807, 2.05) is 54.6 Å². The van der Waals surface area contributed by atoms with Crippen molar-refractivity contribution in [1.82, 2.24) is 0 Å². The molecule has 1 N–H and O–H groups in total. The number of rotatable bonds is 3. The van der Waals surface area contributed by atoms with Crippen molar-refractivity contribution >= 4 is 17.7 Å². The van der Waals surface area contributed by atoms with Crippen LogP contribution in [-0.2, 0) is 5.41 Å². The van der Waals surface area contributed by atoms with E-state index in [9.17, 15) is 5.21 Å². The summed E-state index contributed by atoms with van der Waals surface area (Å²) in [5.41, 5.74) is 2.84. The maximum atomic E-state index is 9.96. The quantitative estimate of drug-likeness (QED) is 0.504. The van der Waals surface area contributed by atoms with Crippen molar-refractivity contribution in [1.29, 1.82) is 0 Å². The number of benzene rings is 2. The molecule has 104 valence electrons. The number of hydrogen-bond donors (Lipinski definition) is 1. The number of nitrogens with zero attached hydrogens (tertiary/aromatic N) is 2. The third kappa shape index (κ3) is 3.68. The lowest BCUT2D eigenvalue weighted by molar-refractivity contribution is 0.317. The van der Waals surface area contributed by atoms with Crippen molar-refractivity contribution < 1.29 is 5.21 Å². The third-order valence-corrected chi connectivity index (χ3v) is 3.07. The summed E-state index contributed by atoms with van der Waals surface area (Å²) in [6, 6.07) is 17.3. The first-order valence-electron chi connectivity index (χ1n) is 6.65. The van der Waals surface area contributed by atoms with Gasteiger partial charge in [-0.2, -0.15) is 0 Å². The van der Waals surface area contributed by atoms with Crippen LogP contribution in [0.15, 0.2) is 59.6 Å². The Balaban J connectivity index is 2.10. The molecule has 0 spiro atoms. The molecular weight excluding hydrogens is 248 g/mol. The first-order chi connectivity index (χ1) is 9.47. The molecule has 2 aromatic carbocycles. The van der Waals surface area contributed by atoms with Gasteiger partial charge < -0.3 is 0 Å².